The van der Waals surface area contributed by atoms with E-state index in [1.807, 2.05) is 31.2 Å². The minimum absolute atomic E-state index is 0.0188. The zero-order chi connectivity index (χ0) is 38.1. The minimum Gasteiger partial charge on any atom is -0.465 e. The molecule has 2 bridgehead atoms. The first kappa shape index (κ1) is 36.0. The molecule has 3 aliphatic heterocycles. The molecule has 4 fully saturated rings. The number of carbonyl (C=O) groups excluding carboxylic acids is 1. The lowest BCUT2D eigenvalue weighted by molar-refractivity contribution is 0.0985. The Labute approximate surface area is 318 Å². The Morgan fingerprint density at radius 3 is 2.70 bits per heavy atom. The van der Waals surface area contributed by atoms with Crippen LogP contribution in [0.4, 0.5) is 14.0 Å². The van der Waals surface area contributed by atoms with Gasteiger partial charge in [-0.2, -0.15) is 10.4 Å². The Bertz CT molecular complexity index is 2350. The van der Waals surface area contributed by atoms with E-state index >= 15 is 4.39 Å². The van der Waals surface area contributed by atoms with Crippen LogP contribution < -0.4 is 0 Å². The van der Waals surface area contributed by atoms with Crippen LogP contribution in [0.1, 0.15) is 54.6 Å². The number of rotatable bonds is 9. The number of ether oxygens (including phenoxy) is 1. The van der Waals surface area contributed by atoms with E-state index in [9.17, 15) is 20.0 Å². The summed E-state index contributed by atoms with van der Waals surface area (Å²) in [4.78, 5) is 38.6. The fourth-order valence-corrected chi connectivity index (χ4v) is 9.68. The molecule has 1 saturated carbocycles. The number of nitriles is 1. The summed E-state index contributed by atoms with van der Waals surface area (Å²) in [6.45, 7) is 9.83. The highest BCUT2D eigenvalue weighted by atomic mass is 35.5. The number of carbonyl (C=O) groups is 2. The predicted molar refractivity (Wildman–Crippen MR) is 205 cm³/mol. The van der Waals surface area contributed by atoms with Gasteiger partial charge in [0.25, 0.3) is 0 Å². The van der Waals surface area contributed by atoms with Gasteiger partial charge in [-0.15, -0.1) is 0 Å². The molecule has 15 heteroatoms. The molecule has 3 saturated heterocycles. The summed E-state index contributed by atoms with van der Waals surface area (Å²) in [6, 6.07) is 11.5. The van der Waals surface area contributed by atoms with E-state index in [0.717, 1.165) is 23.7 Å². The third-order valence-electron chi connectivity index (χ3n) is 11.4. The number of pyridine rings is 1. The van der Waals surface area contributed by atoms with Gasteiger partial charge in [0.05, 0.1) is 41.3 Å². The molecule has 4 aliphatic rings. The van der Waals surface area contributed by atoms with Gasteiger partial charge in [0.2, 0.25) is 0 Å². The van der Waals surface area contributed by atoms with Crippen LogP contribution in [-0.2, 0) is 11.2 Å². The largest absolute Gasteiger partial charge is 0.465 e. The van der Waals surface area contributed by atoms with Crippen molar-refractivity contribution in [2.45, 2.75) is 82.8 Å². The number of benzene rings is 2. The van der Waals surface area contributed by atoms with E-state index in [4.69, 9.17) is 21.3 Å². The van der Waals surface area contributed by atoms with Crippen molar-refractivity contribution in [3.63, 3.8) is 0 Å². The van der Waals surface area contributed by atoms with Crippen molar-refractivity contribution in [1.82, 2.24) is 34.1 Å². The predicted octanol–water partition coefficient (Wildman–Crippen LogP) is 8.53. The number of fused-ring (bicyclic) bond motifs is 4. The topological polar surface area (TPSA) is 142 Å². The number of amides is 2. The number of halogens is 2. The van der Waals surface area contributed by atoms with Crippen LogP contribution in [0.3, 0.4) is 0 Å². The van der Waals surface area contributed by atoms with Gasteiger partial charge in [0, 0.05) is 61.1 Å². The maximum absolute atomic E-state index is 17.5. The third kappa shape index (κ3) is 5.98. The number of likely N-dealkylation sites (tertiary alicyclic amines) is 1. The van der Waals surface area contributed by atoms with Crippen molar-refractivity contribution >= 4 is 53.7 Å². The summed E-state index contributed by atoms with van der Waals surface area (Å²) >= 11 is 6.83. The van der Waals surface area contributed by atoms with Gasteiger partial charge < -0.3 is 19.3 Å². The smallest absolute Gasteiger partial charge is 0.410 e. The van der Waals surface area contributed by atoms with Crippen LogP contribution in [0.15, 0.2) is 43.0 Å². The first-order chi connectivity index (χ1) is 25.9. The molecular weight excluding hydrogens is 727 g/mol. The number of aromatic nitrogens is 5. The van der Waals surface area contributed by atoms with Gasteiger partial charge in [0.1, 0.15) is 18.2 Å². The summed E-state index contributed by atoms with van der Waals surface area (Å²) in [7, 11) is -1.45. The minimum atomic E-state index is -1.45. The maximum atomic E-state index is 17.5. The van der Waals surface area contributed by atoms with Crippen molar-refractivity contribution < 1.29 is 23.8 Å². The molecule has 0 spiro atoms. The number of carboxylic acid groups (broad SMARTS) is 1. The lowest BCUT2D eigenvalue weighted by atomic mass is 9.79. The highest BCUT2D eigenvalue weighted by Crippen LogP contribution is 2.54. The average molecular weight is 769 g/mol. The highest BCUT2D eigenvalue weighted by molar-refractivity contribution is 6.76. The van der Waals surface area contributed by atoms with Crippen molar-refractivity contribution in [3.8, 4) is 23.0 Å². The zero-order valence-electron chi connectivity index (χ0n) is 30.7. The Balaban J connectivity index is 1.41. The Morgan fingerprint density at radius 1 is 1.19 bits per heavy atom. The zero-order valence-corrected chi connectivity index (χ0v) is 32.5. The van der Waals surface area contributed by atoms with Gasteiger partial charge in [-0.25, -0.2) is 28.6 Å². The standard InChI is InChI=1S/C39H42ClFN8O4Si/c1-22-8-5-10-25(32(22)40)31-23(9-6-12-42)16-26-34(33(31)41)45-37(48-21-43-20-44-48)27-18-29(28-11-7-13-46(28)39(52)53-14-15-54(2,3)4)49(36(26)27)35-24-17-30(35)47(19-24)38(50)51/h5,8,10,16,18,20-21,24,28,30,35H,6-7,9,11,13-15,17,19H2,1-4H3,(H,50,51)/t24-,28?,30-,35+/m1/s1. The number of nitrogens with zero attached hydrogens (tertiary/aromatic N) is 8. The summed E-state index contributed by atoms with van der Waals surface area (Å²) < 4.78 is 27.1. The van der Waals surface area contributed by atoms with E-state index in [1.165, 1.54) is 22.2 Å². The number of hydrogen-bond acceptors (Lipinski definition) is 7. The quantitative estimate of drug-likeness (QED) is 0.147. The SMILES string of the molecule is Cc1cccc(-c2c(CCC#N)cc3c(nc(-n4cncn4)c4cc(C5CCCN5C(=O)OCC[Si](C)(C)C)n([C@H]5[C@@H]6C[C@H]5N(C(=O)O)C6)c43)c2F)c1Cl. The van der Waals surface area contributed by atoms with Crippen molar-refractivity contribution in [1.29, 1.82) is 5.26 Å². The first-order valence-electron chi connectivity index (χ1n) is 18.5. The molecule has 2 amide bonds. The van der Waals surface area contributed by atoms with Crippen molar-refractivity contribution in [2.24, 2.45) is 5.92 Å². The second-order valence-corrected chi connectivity index (χ2v) is 22.0. The molecule has 280 valence electrons. The summed E-state index contributed by atoms with van der Waals surface area (Å²) in [6.07, 6.45) is 4.11. The van der Waals surface area contributed by atoms with Crippen molar-refractivity contribution in [3.05, 3.63) is 70.6 Å². The average Bonchev–Trinajstić information content (AvgIpc) is 3.96. The van der Waals surface area contributed by atoms with Gasteiger partial charge in [-0.05, 0) is 61.9 Å². The van der Waals surface area contributed by atoms with Gasteiger partial charge >= 0.3 is 12.2 Å². The van der Waals surface area contributed by atoms with E-state index in [-0.39, 0.29) is 54.1 Å². The summed E-state index contributed by atoms with van der Waals surface area (Å²) in [5.41, 5.74) is 3.76. The van der Waals surface area contributed by atoms with E-state index in [2.05, 4.69) is 40.4 Å². The molecule has 6 heterocycles. The molecule has 0 radical (unpaired) electrons. The molecular formula is C39H42ClFN8O4Si. The van der Waals surface area contributed by atoms with Crippen LogP contribution in [0.5, 0.6) is 0 Å². The van der Waals surface area contributed by atoms with E-state index in [1.54, 1.807) is 11.0 Å². The fourth-order valence-electron chi connectivity index (χ4n) is 8.74. The van der Waals surface area contributed by atoms with Gasteiger partial charge in [-0.1, -0.05) is 49.4 Å². The second-order valence-electron chi connectivity index (χ2n) is 16.0. The molecule has 1 aliphatic carbocycles. The van der Waals surface area contributed by atoms with Crippen LogP contribution >= 0.6 is 11.6 Å². The molecule has 2 aromatic carbocycles. The second kappa shape index (κ2) is 13.7. The molecule has 54 heavy (non-hydrogen) atoms. The van der Waals surface area contributed by atoms with Crippen LogP contribution in [0.2, 0.25) is 30.7 Å². The lowest BCUT2D eigenvalue weighted by Gasteiger charge is -2.40. The van der Waals surface area contributed by atoms with E-state index < -0.39 is 20.0 Å². The molecule has 1 unspecified atom stereocenters. The highest BCUT2D eigenvalue weighted by Gasteiger charge is 2.56. The Kier molecular flexibility index (Phi) is 9.13. The normalized spacial score (nSPS) is 20.8. The molecule has 4 atom stereocenters. The molecule has 5 aromatic rings. The van der Waals surface area contributed by atoms with Crippen LogP contribution in [0, 0.1) is 30.0 Å². The molecule has 12 nitrogen and oxygen atoms in total. The lowest BCUT2D eigenvalue weighted by Crippen LogP contribution is -2.43. The Morgan fingerprint density at radius 2 is 2.00 bits per heavy atom. The van der Waals surface area contributed by atoms with Crippen LogP contribution in [0.25, 0.3) is 38.8 Å². The molecule has 1 N–H and O–H groups in total. The number of aryl methyl sites for hydroxylation is 2. The number of hydrogen-bond donors (Lipinski definition) is 1. The van der Waals surface area contributed by atoms with E-state index in [0.29, 0.717) is 70.8 Å². The molecule has 3 aromatic heterocycles. The first-order valence-corrected chi connectivity index (χ1v) is 22.6. The fraction of sp³-hybridized carbons (Fsp3) is 0.436. The summed E-state index contributed by atoms with van der Waals surface area (Å²) in [5, 5.41) is 25.9. The van der Waals surface area contributed by atoms with Crippen LogP contribution in [-0.4, -0.2) is 85.2 Å². The van der Waals surface area contributed by atoms with Gasteiger partial charge in [0.15, 0.2) is 11.6 Å². The maximum Gasteiger partial charge on any atom is 0.410 e. The summed E-state index contributed by atoms with van der Waals surface area (Å²) in [5.74, 6) is -0.211. The molecule has 9 rings (SSSR count). The van der Waals surface area contributed by atoms with Crippen molar-refractivity contribution in [2.75, 3.05) is 19.7 Å². The third-order valence-corrected chi connectivity index (χ3v) is 13.6. The Hall–Kier alpha value is -5.00. The monoisotopic (exact) mass is 768 g/mol. The van der Waals surface area contributed by atoms with Gasteiger partial charge in [-0.3, -0.25) is 4.90 Å².